The van der Waals surface area contributed by atoms with E-state index in [-0.39, 0.29) is 18.0 Å². The molecule has 2 heterocycles. The topological polar surface area (TPSA) is 122 Å². The van der Waals surface area contributed by atoms with E-state index in [2.05, 4.69) is 21.0 Å². The van der Waals surface area contributed by atoms with E-state index in [1.807, 2.05) is 43.3 Å². The standard InChI is InChI=1S/C27H21BrN4O5/c1-2-35-22-12-16(11-19(28)25(22)36-15-24(29)33)14-30-32-26(23-13-17-7-3-6-10-21(17)37-23)31-20-9-5-4-8-18(20)27(32)34/h3-14H,2,15H2,1H3,(H2,29,33). The fourth-order valence-corrected chi connectivity index (χ4v) is 4.39. The Morgan fingerprint density at radius 1 is 1.14 bits per heavy atom. The second kappa shape index (κ2) is 10.3. The molecule has 3 aromatic carbocycles. The van der Waals surface area contributed by atoms with Crippen LogP contribution in [0.1, 0.15) is 12.5 Å². The molecular weight excluding hydrogens is 540 g/mol. The van der Waals surface area contributed by atoms with Crippen LogP contribution in [-0.4, -0.2) is 35.0 Å². The van der Waals surface area contributed by atoms with E-state index in [0.717, 1.165) is 5.39 Å². The summed E-state index contributed by atoms with van der Waals surface area (Å²) < 4.78 is 18.9. The zero-order valence-corrected chi connectivity index (χ0v) is 21.3. The molecule has 0 saturated heterocycles. The summed E-state index contributed by atoms with van der Waals surface area (Å²) >= 11 is 3.45. The van der Waals surface area contributed by atoms with E-state index in [9.17, 15) is 9.59 Å². The van der Waals surface area contributed by atoms with Crippen molar-refractivity contribution in [2.24, 2.45) is 10.8 Å². The first kappa shape index (κ1) is 24.3. The normalized spacial score (nSPS) is 11.4. The minimum absolute atomic E-state index is 0.265. The Morgan fingerprint density at radius 3 is 2.70 bits per heavy atom. The maximum absolute atomic E-state index is 13.5. The summed E-state index contributed by atoms with van der Waals surface area (Å²) in [7, 11) is 0. The molecule has 186 valence electrons. The number of nitrogens with two attached hydrogens (primary N) is 1. The molecule has 5 rings (SSSR count). The molecule has 5 aromatic rings. The number of furan rings is 1. The molecule has 0 radical (unpaired) electrons. The molecule has 37 heavy (non-hydrogen) atoms. The highest BCUT2D eigenvalue weighted by Crippen LogP contribution is 2.36. The van der Waals surface area contributed by atoms with Gasteiger partial charge in [-0.05, 0) is 64.8 Å². The lowest BCUT2D eigenvalue weighted by Crippen LogP contribution is -2.20. The van der Waals surface area contributed by atoms with Gasteiger partial charge in [-0.15, -0.1) is 0 Å². The number of ether oxygens (including phenoxy) is 2. The molecule has 0 aliphatic rings. The second-order valence-corrected chi connectivity index (χ2v) is 8.83. The maximum Gasteiger partial charge on any atom is 0.282 e. The molecule has 9 nitrogen and oxygen atoms in total. The van der Waals surface area contributed by atoms with Gasteiger partial charge in [0.2, 0.25) is 5.82 Å². The van der Waals surface area contributed by atoms with Gasteiger partial charge in [0.25, 0.3) is 11.5 Å². The van der Waals surface area contributed by atoms with Crippen LogP contribution in [0.3, 0.4) is 0 Å². The van der Waals surface area contributed by atoms with Crippen molar-refractivity contribution in [2.45, 2.75) is 6.92 Å². The van der Waals surface area contributed by atoms with Crippen molar-refractivity contribution in [3.63, 3.8) is 0 Å². The largest absolute Gasteiger partial charge is 0.490 e. The predicted molar refractivity (Wildman–Crippen MR) is 144 cm³/mol. The van der Waals surface area contributed by atoms with Crippen molar-refractivity contribution in [3.05, 3.63) is 87.1 Å². The van der Waals surface area contributed by atoms with Crippen molar-refractivity contribution < 1.29 is 18.7 Å². The van der Waals surface area contributed by atoms with Gasteiger partial charge >= 0.3 is 0 Å². The number of hydrogen-bond donors (Lipinski definition) is 1. The summed E-state index contributed by atoms with van der Waals surface area (Å²) in [4.78, 5) is 29.3. The van der Waals surface area contributed by atoms with Gasteiger partial charge in [0.1, 0.15) is 5.58 Å². The van der Waals surface area contributed by atoms with Crippen molar-refractivity contribution in [2.75, 3.05) is 13.2 Å². The van der Waals surface area contributed by atoms with Crippen LogP contribution < -0.4 is 20.8 Å². The van der Waals surface area contributed by atoms with Crippen LogP contribution >= 0.6 is 15.9 Å². The summed E-state index contributed by atoms with van der Waals surface area (Å²) in [5, 5.41) is 5.79. The van der Waals surface area contributed by atoms with Gasteiger partial charge < -0.3 is 19.6 Å². The Labute approximate surface area is 219 Å². The Kier molecular flexibility index (Phi) is 6.74. The fourth-order valence-electron chi connectivity index (χ4n) is 3.82. The van der Waals surface area contributed by atoms with Crippen LogP contribution in [0.15, 0.2) is 85.5 Å². The first-order valence-corrected chi connectivity index (χ1v) is 12.2. The number of hydrogen-bond acceptors (Lipinski definition) is 7. The third-order valence-corrected chi connectivity index (χ3v) is 6.00. The van der Waals surface area contributed by atoms with E-state index >= 15 is 0 Å². The molecule has 0 saturated carbocycles. The monoisotopic (exact) mass is 560 g/mol. The Balaban J connectivity index is 1.63. The number of carbonyl (C=O) groups excluding carboxylic acids is 1. The quantitative estimate of drug-likeness (QED) is 0.274. The molecule has 1 amide bonds. The van der Waals surface area contributed by atoms with Crippen LogP contribution in [0, 0.1) is 0 Å². The molecule has 2 aromatic heterocycles. The summed E-state index contributed by atoms with van der Waals surface area (Å²) in [5.41, 5.74) is 6.68. The number of primary amides is 1. The number of nitrogens with zero attached hydrogens (tertiary/aromatic N) is 3. The molecule has 2 N–H and O–H groups in total. The molecule has 0 spiro atoms. The summed E-state index contributed by atoms with van der Waals surface area (Å²) in [5.74, 6) is 0.793. The molecular formula is C27H21BrN4O5. The van der Waals surface area contributed by atoms with Gasteiger partial charge in [-0.3, -0.25) is 9.59 Å². The van der Waals surface area contributed by atoms with Crippen LogP contribution in [-0.2, 0) is 4.79 Å². The highest BCUT2D eigenvalue weighted by Gasteiger charge is 2.17. The predicted octanol–water partition coefficient (Wildman–Crippen LogP) is 4.72. The first-order valence-electron chi connectivity index (χ1n) is 11.4. The average Bonchev–Trinajstić information content (AvgIpc) is 3.32. The second-order valence-electron chi connectivity index (χ2n) is 7.98. The molecule has 0 aliphatic heterocycles. The SMILES string of the molecule is CCOc1cc(C=Nn2c(-c3cc4ccccc4o3)nc3ccccc3c2=O)cc(Br)c1OCC(N)=O. The Morgan fingerprint density at radius 2 is 1.92 bits per heavy atom. The van der Waals surface area contributed by atoms with Gasteiger partial charge in [-0.2, -0.15) is 9.78 Å². The molecule has 0 fully saturated rings. The van der Waals surface area contributed by atoms with E-state index in [1.54, 1.807) is 30.3 Å². The molecule has 10 heteroatoms. The van der Waals surface area contributed by atoms with Gasteiger partial charge in [0, 0.05) is 5.39 Å². The van der Waals surface area contributed by atoms with Crippen molar-refractivity contribution in [3.8, 4) is 23.1 Å². The maximum atomic E-state index is 13.5. The van der Waals surface area contributed by atoms with E-state index < -0.39 is 5.91 Å². The highest BCUT2D eigenvalue weighted by molar-refractivity contribution is 9.10. The van der Waals surface area contributed by atoms with Crippen molar-refractivity contribution >= 4 is 49.9 Å². The number of para-hydroxylation sites is 2. The minimum Gasteiger partial charge on any atom is -0.490 e. The number of rotatable bonds is 8. The van der Waals surface area contributed by atoms with E-state index in [1.165, 1.54) is 10.9 Å². The van der Waals surface area contributed by atoms with E-state index in [0.29, 0.717) is 50.4 Å². The van der Waals surface area contributed by atoms with Gasteiger partial charge in [0.15, 0.2) is 23.9 Å². The van der Waals surface area contributed by atoms with Crippen molar-refractivity contribution in [1.82, 2.24) is 9.66 Å². The molecule has 0 bridgehead atoms. The van der Waals surface area contributed by atoms with Crippen LogP contribution in [0.25, 0.3) is 33.5 Å². The number of aromatic nitrogens is 2. The van der Waals surface area contributed by atoms with Crippen LogP contribution in [0.4, 0.5) is 0 Å². The fraction of sp³-hybridized carbons (Fsp3) is 0.111. The first-order chi connectivity index (χ1) is 17.9. The zero-order valence-electron chi connectivity index (χ0n) is 19.7. The van der Waals surface area contributed by atoms with Gasteiger partial charge in [0.05, 0.1) is 28.2 Å². The van der Waals surface area contributed by atoms with Crippen molar-refractivity contribution in [1.29, 1.82) is 0 Å². The summed E-state index contributed by atoms with van der Waals surface area (Å²) in [6.45, 7) is 1.89. The van der Waals surface area contributed by atoms with E-state index in [4.69, 9.17) is 24.6 Å². The molecule has 0 atom stereocenters. The van der Waals surface area contributed by atoms with Crippen LogP contribution in [0.5, 0.6) is 11.5 Å². The number of fused-ring (bicyclic) bond motifs is 2. The molecule has 0 aliphatic carbocycles. The van der Waals surface area contributed by atoms with Crippen LogP contribution in [0.2, 0.25) is 0 Å². The minimum atomic E-state index is -0.610. The van der Waals surface area contributed by atoms with Gasteiger partial charge in [-0.25, -0.2) is 4.98 Å². The summed E-state index contributed by atoms with van der Waals surface area (Å²) in [6, 6.07) is 19.9. The lowest BCUT2D eigenvalue weighted by atomic mass is 10.2. The molecule has 0 unspecified atom stereocenters. The Hall–Kier alpha value is -4.44. The Bertz CT molecular complexity index is 1690. The lowest BCUT2D eigenvalue weighted by molar-refractivity contribution is -0.119. The summed E-state index contributed by atoms with van der Waals surface area (Å²) in [6.07, 6.45) is 1.51. The number of benzene rings is 3. The number of amides is 1. The van der Waals surface area contributed by atoms with Gasteiger partial charge in [-0.1, -0.05) is 30.3 Å². The third-order valence-electron chi connectivity index (χ3n) is 5.41. The smallest absolute Gasteiger partial charge is 0.282 e. The average molecular weight is 561 g/mol. The lowest BCUT2D eigenvalue weighted by Gasteiger charge is -2.13. The number of carbonyl (C=O) groups is 1. The third kappa shape index (κ3) is 4.96. The zero-order chi connectivity index (χ0) is 25.9. The highest BCUT2D eigenvalue weighted by atomic mass is 79.9. The number of halogens is 1.